The van der Waals surface area contributed by atoms with Gasteiger partial charge in [-0.3, -0.25) is 10.1 Å². The van der Waals surface area contributed by atoms with E-state index in [1.165, 1.54) is 11.3 Å². The molecule has 1 aromatic carbocycles. The fraction of sp³-hybridized carbons (Fsp3) is 0. The zero-order valence-electron chi connectivity index (χ0n) is 9.31. The average molecular weight is 421 g/mol. The third-order valence-corrected chi connectivity index (χ3v) is 5.36. The van der Waals surface area contributed by atoms with Gasteiger partial charge in [-0.05, 0) is 46.9 Å². The lowest BCUT2D eigenvalue weighted by Gasteiger charge is -1.97. The molecule has 0 aliphatic rings. The van der Waals surface area contributed by atoms with Crippen LogP contribution in [0.25, 0.3) is 10.2 Å². The summed E-state index contributed by atoms with van der Waals surface area (Å²) in [6.07, 6.45) is 0. The molecule has 3 aromatic rings. The molecule has 0 saturated carbocycles. The molecule has 0 aliphatic carbocycles. The van der Waals surface area contributed by atoms with Crippen molar-refractivity contribution in [3.05, 3.63) is 43.1 Å². The number of thiophene rings is 1. The van der Waals surface area contributed by atoms with Crippen LogP contribution in [0.5, 0.6) is 0 Å². The van der Waals surface area contributed by atoms with Gasteiger partial charge in [0.2, 0.25) is 0 Å². The summed E-state index contributed by atoms with van der Waals surface area (Å²) in [6.45, 7) is 0. The van der Waals surface area contributed by atoms with Crippen LogP contribution >= 0.6 is 56.9 Å². The van der Waals surface area contributed by atoms with Gasteiger partial charge in [0.05, 0.1) is 18.7 Å². The quantitative estimate of drug-likeness (QED) is 0.601. The van der Waals surface area contributed by atoms with Crippen molar-refractivity contribution in [3.63, 3.8) is 0 Å². The molecule has 19 heavy (non-hydrogen) atoms. The van der Waals surface area contributed by atoms with Gasteiger partial charge in [-0.2, -0.15) is 0 Å². The third-order valence-electron chi connectivity index (χ3n) is 2.40. The molecule has 3 nitrogen and oxygen atoms in total. The topological polar surface area (TPSA) is 42.0 Å². The smallest absolute Gasteiger partial charge is 0.258 e. The number of carbonyl (C=O) groups excluding carboxylic acids is 1. The highest BCUT2D eigenvalue weighted by Crippen LogP contribution is 2.28. The van der Waals surface area contributed by atoms with Crippen LogP contribution in [-0.2, 0) is 0 Å². The maximum absolute atomic E-state index is 12.0. The first-order valence-corrected chi connectivity index (χ1v) is 8.38. The summed E-state index contributed by atoms with van der Waals surface area (Å²) >= 11 is 11.1. The fourth-order valence-electron chi connectivity index (χ4n) is 1.55. The highest BCUT2D eigenvalue weighted by molar-refractivity contribution is 14.1. The van der Waals surface area contributed by atoms with Crippen LogP contribution in [0.1, 0.15) is 10.4 Å². The number of anilines is 1. The molecule has 0 aliphatic heterocycles. The van der Waals surface area contributed by atoms with Crippen LogP contribution in [0.15, 0.2) is 29.6 Å². The van der Waals surface area contributed by atoms with Crippen molar-refractivity contribution in [1.29, 1.82) is 0 Å². The molecule has 2 heterocycles. The summed E-state index contributed by atoms with van der Waals surface area (Å²) in [5.74, 6) is -0.135. The molecule has 1 amide bonds. The van der Waals surface area contributed by atoms with Crippen molar-refractivity contribution in [2.75, 3.05) is 5.32 Å². The summed E-state index contributed by atoms with van der Waals surface area (Å²) in [6, 6.07) is 7.33. The van der Waals surface area contributed by atoms with Crippen molar-refractivity contribution in [2.45, 2.75) is 0 Å². The minimum Gasteiger partial charge on any atom is -0.298 e. The van der Waals surface area contributed by atoms with E-state index in [1.54, 1.807) is 17.4 Å². The molecule has 0 unspecified atom stereocenters. The highest BCUT2D eigenvalue weighted by atomic mass is 127. The first-order chi connectivity index (χ1) is 9.11. The fourth-order valence-corrected chi connectivity index (χ4v) is 4.01. The summed E-state index contributed by atoms with van der Waals surface area (Å²) < 4.78 is 2.04. The van der Waals surface area contributed by atoms with E-state index < -0.39 is 0 Å². The summed E-state index contributed by atoms with van der Waals surface area (Å²) in [5, 5.41) is 5.90. The van der Waals surface area contributed by atoms with E-state index in [0.29, 0.717) is 15.7 Å². The summed E-state index contributed by atoms with van der Waals surface area (Å²) in [7, 11) is 0. The molecule has 0 spiro atoms. The number of halogens is 2. The van der Waals surface area contributed by atoms with Crippen LogP contribution in [-0.4, -0.2) is 10.9 Å². The first-order valence-electron chi connectivity index (χ1n) is 5.23. The molecule has 3 rings (SSSR count). The van der Waals surface area contributed by atoms with Crippen molar-refractivity contribution in [1.82, 2.24) is 4.98 Å². The van der Waals surface area contributed by atoms with Gasteiger partial charge in [0, 0.05) is 10.4 Å². The Hall–Kier alpha value is -0.700. The molecule has 0 radical (unpaired) electrons. The molecular formula is C12H6ClIN2OS2. The number of nitrogens with zero attached hydrogens (tertiary/aromatic N) is 1. The largest absolute Gasteiger partial charge is 0.298 e. The first kappa shape index (κ1) is 13.3. The van der Waals surface area contributed by atoms with E-state index in [-0.39, 0.29) is 5.91 Å². The summed E-state index contributed by atoms with van der Waals surface area (Å²) in [5.41, 5.74) is 1.50. The molecule has 96 valence electrons. The SMILES string of the molecule is O=C(Nc1nc2ccc(Cl)cc2s1)c1csc(I)c1. The lowest BCUT2D eigenvalue weighted by atomic mass is 10.3. The number of aromatic nitrogens is 1. The van der Waals surface area contributed by atoms with E-state index in [9.17, 15) is 4.79 Å². The Morgan fingerprint density at radius 3 is 2.95 bits per heavy atom. The predicted octanol–water partition coefficient (Wildman–Crippen LogP) is 4.87. The van der Waals surface area contributed by atoms with Gasteiger partial charge in [0.15, 0.2) is 5.13 Å². The van der Waals surface area contributed by atoms with Gasteiger partial charge in [0.25, 0.3) is 5.91 Å². The minimum absolute atomic E-state index is 0.135. The molecule has 1 N–H and O–H groups in total. The van der Waals surface area contributed by atoms with Crippen LogP contribution in [0.4, 0.5) is 5.13 Å². The van der Waals surface area contributed by atoms with Gasteiger partial charge in [-0.25, -0.2) is 4.98 Å². The average Bonchev–Trinajstić information content (AvgIpc) is 2.94. The number of thiazole rings is 1. The molecule has 2 aromatic heterocycles. The molecule has 0 saturated heterocycles. The molecule has 7 heteroatoms. The van der Waals surface area contributed by atoms with Crippen molar-refractivity contribution < 1.29 is 4.79 Å². The van der Waals surface area contributed by atoms with Crippen molar-refractivity contribution >= 4 is 78.1 Å². The zero-order valence-corrected chi connectivity index (χ0v) is 13.9. The van der Waals surface area contributed by atoms with Gasteiger partial charge in [-0.15, -0.1) is 11.3 Å². The number of rotatable bonds is 2. The van der Waals surface area contributed by atoms with Gasteiger partial charge < -0.3 is 0 Å². The lowest BCUT2D eigenvalue weighted by molar-refractivity contribution is 0.102. The van der Waals surface area contributed by atoms with Crippen molar-refractivity contribution in [2.24, 2.45) is 0 Å². The monoisotopic (exact) mass is 420 g/mol. The van der Waals surface area contributed by atoms with Crippen LogP contribution in [0.3, 0.4) is 0 Å². The van der Waals surface area contributed by atoms with Gasteiger partial charge in [-0.1, -0.05) is 22.9 Å². The van der Waals surface area contributed by atoms with Gasteiger partial charge in [0.1, 0.15) is 0 Å². The Labute approximate surface area is 135 Å². The number of benzene rings is 1. The van der Waals surface area contributed by atoms with E-state index >= 15 is 0 Å². The Kier molecular flexibility index (Phi) is 3.75. The number of nitrogens with one attached hydrogen (secondary N) is 1. The number of amides is 1. The van der Waals surface area contributed by atoms with Gasteiger partial charge >= 0.3 is 0 Å². The Balaban J connectivity index is 1.87. The number of hydrogen-bond donors (Lipinski definition) is 1. The van der Waals surface area contributed by atoms with Crippen LogP contribution in [0.2, 0.25) is 5.02 Å². The van der Waals surface area contributed by atoms with E-state index in [0.717, 1.165) is 13.1 Å². The Morgan fingerprint density at radius 2 is 2.21 bits per heavy atom. The standard InChI is InChI=1S/C12H6ClIN2OS2/c13-7-1-2-8-9(4-7)19-12(15-8)16-11(17)6-3-10(14)18-5-6/h1-5H,(H,15,16,17). The highest BCUT2D eigenvalue weighted by Gasteiger charge is 2.11. The number of carbonyl (C=O) groups is 1. The normalized spacial score (nSPS) is 10.8. The van der Waals surface area contributed by atoms with E-state index in [1.807, 2.05) is 23.6 Å². The molecule has 0 fully saturated rings. The number of hydrogen-bond acceptors (Lipinski definition) is 4. The van der Waals surface area contributed by atoms with Crippen LogP contribution < -0.4 is 5.32 Å². The van der Waals surface area contributed by atoms with E-state index in [4.69, 9.17) is 11.6 Å². The third kappa shape index (κ3) is 2.91. The Bertz CT molecular complexity index is 768. The maximum Gasteiger partial charge on any atom is 0.258 e. The second-order valence-electron chi connectivity index (χ2n) is 3.72. The summed E-state index contributed by atoms with van der Waals surface area (Å²) in [4.78, 5) is 16.4. The second kappa shape index (κ2) is 5.35. The predicted molar refractivity (Wildman–Crippen MR) is 89.6 cm³/mol. The molecule has 0 bridgehead atoms. The number of fused-ring (bicyclic) bond motifs is 1. The maximum atomic E-state index is 12.0. The molecule has 0 atom stereocenters. The van der Waals surface area contributed by atoms with Crippen LogP contribution in [0, 0.1) is 2.88 Å². The second-order valence-corrected chi connectivity index (χ2v) is 8.00. The zero-order chi connectivity index (χ0) is 13.4. The minimum atomic E-state index is -0.135. The Morgan fingerprint density at radius 1 is 1.37 bits per heavy atom. The molecular weight excluding hydrogens is 415 g/mol. The van der Waals surface area contributed by atoms with E-state index in [2.05, 4.69) is 32.9 Å². The lowest BCUT2D eigenvalue weighted by Crippen LogP contribution is -2.10. The van der Waals surface area contributed by atoms with Crippen molar-refractivity contribution in [3.8, 4) is 0 Å².